The number of aliphatic hydroxyl groups is 1. The van der Waals surface area contributed by atoms with Gasteiger partial charge >= 0.3 is 0 Å². The van der Waals surface area contributed by atoms with Crippen LogP contribution in [0.5, 0.6) is 0 Å². The van der Waals surface area contributed by atoms with Crippen molar-refractivity contribution in [2.45, 2.75) is 51.4 Å². The average Bonchev–Trinajstić information content (AvgIpc) is 2.10. The highest BCUT2D eigenvalue weighted by atomic mass is 16.6. The number of fused-ring (bicyclic) bond motifs is 4. The highest BCUT2D eigenvalue weighted by Crippen LogP contribution is 2.44. The number of ether oxygens (including phenoxy) is 1. The molecule has 1 aliphatic carbocycles. The Hall–Kier alpha value is -0.340. The summed E-state index contributed by atoms with van der Waals surface area (Å²) >= 11 is 0. The van der Waals surface area contributed by atoms with Gasteiger partial charge in [0.25, 0.3) is 0 Å². The van der Waals surface area contributed by atoms with Crippen LogP contribution >= 0.6 is 0 Å². The van der Waals surface area contributed by atoms with Crippen LogP contribution in [0.3, 0.4) is 0 Å². The summed E-state index contributed by atoms with van der Waals surface area (Å²) in [7, 11) is 0. The van der Waals surface area contributed by atoms with E-state index in [9.17, 15) is 5.11 Å². The van der Waals surface area contributed by atoms with E-state index in [1.54, 1.807) is 0 Å². The van der Waals surface area contributed by atoms with Gasteiger partial charge in [0.15, 0.2) is 6.29 Å². The zero-order chi connectivity index (χ0) is 9.31. The van der Waals surface area contributed by atoms with Crippen molar-refractivity contribution in [3.63, 3.8) is 0 Å². The van der Waals surface area contributed by atoms with Crippen LogP contribution in [0.15, 0.2) is 12.2 Å². The van der Waals surface area contributed by atoms with Crippen molar-refractivity contribution in [1.29, 1.82) is 0 Å². The van der Waals surface area contributed by atoms with Crippen LogP contribution in [0.1, 0.15) is 39.0 Å². The first-order chi connectivity index (χ1) is 6.27. The van der Waals surface area contributed by atoms with Crippen molar-refractivity contribution in [3.8, 4) is 0 Å². The van der Waals surface area contributed by atoms with Gasteiger partial charge in [-0.3, -0.25) is 0 Å². The number of rotatable bonds is 1. The molecule has 0 radical (unpaired) electrons. The molecule has 74 valence electrons. The first-order valence-electron chi connectivity index (χ1n) is 5.27. The van der Waals surface area contributed by atoms with Gasteiger partial charge in [-0.2, -0.15) is 0 Å². The number of aliphatic hydroxyl groups excluding tert-OH is 1. The van der Waals surface area contributed by atoms with Crippen molar-refractivity contribution in [3.05, 3.63) is 12.2 Å². The van der Waals surface area contributed by atoms with Gasteiger partial charge in [0.1, 0.15) is 0 Å². The predicted molar refractivity (Wildman–Crippen MR) is 51.2 cm³/mol. The molecule has 2 bridgehead atoms. The second kappa shape index (κ2) is 3.43. The normalized spacial score (nSPS) is 46.9. The minimum Gasteiger partial charge on any atom is -0.367 e. The van der Waals surface area contributed by atoms with E-state index in [0.717, 1.165) is 32.1 Å². The Morgan fingerprint density at radius 2 is 2.38 bits per heavy atom. The third-order valence-corrected chi connectivity index (χ3v) is 3.62. The maximum Gasteiger partial charge on any atom is 0.160 e. The van der Waals surface area contributed by atoms with Crippen LogP contribution in [0, 0.1) is 5.41 Å². The fraction of sp³-hybridized carbons (Fsp3) is 0.818. The molecule has 1 N–H and O–H groups in total. The molecule has 3 unspecified atom stereocenters. The van der Waals surface area contributed by atoms with Crippen molar-refractivity contribution in [1.82, 2.24) is 0 Å². The summed E-state index contributed by atoms with van der Waals surface area (Å²) in [5, 5.41) is 9.90. The summed E-state index contributed by atoms with van der Waals surface area (Å²) in [5.41, 5.74) is 0.0429. The monoisotopic (exact) mass is 182 g/mol. The maximum absolute atomic E-state index is 9.90. The smallest absolute Gasteiger partial charge is 0.160 e. The van der Waals surface area contributed by atoms with Crippen LogP contribution in [-0.4, -0.2) is 17.5 Å². The zero-order valence-electron chi connectivity index (χ0n) is 8.20. The molecular weight excluding hydrogens is 164 g/mol. The Kier molecular flexibility index (Phi) is 2.43. The molecule has 1 saturated heterocycles. The van der Waals surface area contributed by atoms with E-state index in [-0.39, 0.29) is 11.5 Å². The molecule has 2 nitrogen and oxygen atoms in total. The second-order valence-corrected chi connectivity index (χ2v) is 4.25. The second-order valence-electron chi connectivity index (χ2n) is 4.25. The highest BCUT2D eigenvalue weighted by Gasteiger charge is 2.42. The Bertz CT molecular complexity index is 212. The first-order valence-corrected chi connectivity index (χ1v) is 5.27. The summed E-state index contributed by atoms with van der Waals surface area (Å²) in [6.45, 7) is 2.15. The standard InChI is InChI=1S/C11H18O2/c1-2-11-7-4-3-5-9(6-8-11)13-10(11)12/h3,5,9-10,12H,2,4,6-8H2,1H3/b5-3+. The van der Waals surface area contributed by atoms with E-state index in [4.69, 9.17) is 4.74 Å². The van der Waals surface area contributed by atoms with E-state index < -0.39 is 6.29 Å². The van der Waals surface area contributed by atoms with Crippen LogP contribution in [0.25, 0.3) is 0 Å². The van der Waals surface area contributed by atoms with Gasteiger partial charge in [0, 0.05) is 5.41 Å². The fourth-order valence-corrected chi connectivity index (χ4v) is 2.47. The lowest BCUT2D eigenvalue weighted by Gasteiger charge is -2.44. The minimum atomic E-state index is -0.541. The van der Waals surface area contributed by atoms with E-state index in [0.29, 0.717) is 0 Å². The molecule has 13 heavy (non-hydrogen) atoms. The summed E-state index contributed by atoms with van der Waals surface area (Å²) < 4.78 is 5.55. The quantitative estimate of drug-likeness (QED) is 0.630. The largest absolute Gasteiger partial charge is 0.367 e. The molecular formula is C11H18O2. The third-order valence-electron chi connectivity index (χ3n) is 3.62. The molecule has 0 aromatic carbocycles. The SMILES string of the molecule is CCC12CC/C=C/C(CC1)OC2O. The van der Waals surface area contributed by atoms with Gasteiger partial charge in [-0.25, -0.2) is 0 Å². The Morgan fingerprint density at radius 1 is 1.54 bits per heavy atom. The van der Waals surface area contributed by atoms with Crippen LogP contribution in [0.2, 0.25) is 0 Å². The number of allylic oxidation sites excluding steroid dienone is 1. The molecule has 3 aliphatic rings. The van der Waals surface area contributed by atoms with Gasteiger partial charge in [0.05, 0.1) is 6.10 Å². The maximum atomic E-state index is 9.90. The molecule has 2 heterocycles. The topological polar surface area (TPSA) is 29.5 Å². The lowest BCUT2D eigenvalue weighted by Crippen LogP contribution is -2.44. The van der Waals surface area contributed by atoms with Gasteiger partial charge in [-0.1, -0.05) is 19.1 Å². The molecule has 3 rings (SSSR count). The lowest BCUT2D eigenvalue weighted by atomic mass is 9.72. The molecule has 0 spiro atoms. The van der Waals surface area contributed by atoms with Gasteiger partial charge in [-0.05, 0) is 32.1 Å². The molecule has 0 amide bonds. The summed E-state index contributed by atoms with van der Waals surface area (Å²) in [6.07, 6.45) is 9.27. The van der Waals surface area contributed by atoms with Crippen molar-refractivity contribution in [2.75, 3.05) is 0 Å². The number of hydrogen-bond acceptors (Lipinski definition) is 2. The fourth-order valence-electron chi connectivity index (χ4n) is 2.47. The van der Waals surface area contributed by atoms with E-state index in [2.05, 4.69) is 19.1 Å². The highest BCUT2D eigenvalue weighted by molar-refractivity contribution is 5.00. The van der Waals surface area contributed by atoms with E-state index in [1.165, 1.54) is 0 Å². The van der Waals surface area contributed by atoms with Crippen LogP contribution in [-0.2, 0) is 4.74 Å². The molecule has 3 atom stereocenters. The summed E-state index contributed by atoms with van der Waals surface area (Å²) in [6, 6.07) is 0. The lowest BCUT2D eigenvalue weighted by molar-refractivity contribution is -0.227. The molecule has 0 saturated carbocycles. The molecule has 1 fully saturated rings. The van der Waals surface area contributed by atoms with E-state index >= 15 is 0 Å². The van der Waals surface area contributed by atoms with Gasteiger partial charge < -0.3 is 9.84 Å². The summed E-state index contributed by atoms with van der Waals surface area (Å²) in [4.78, 5) is 0. The van der Waals surface area contributed by atoms with Crippen LogP contribution in [0.4, 0.5) is 0 Å². The summed E-state index contributed by atoms with van der Waals surface area (Å²) in [5.74, 6) is 0. The molecule has 2 aliphatic heterocycles. The van der Waals surface area contributed by atoms with E-state index in [1.807, 2.05) is 0 Å². The Balaban J connectivity index is 2.22. The third kappa shape index (κ3) is 1.53. The first kappa shape index (κ1) is 9.22. The van der Waals surface area contributed by atoms with Crippen molar-refractivity contribution < 1.29 is 9.84 Å². The van der Waals surface area contributed by atoms with Crippen molar-refractivity contribution in [2.24, 2.45) is 5.41 Å². The Labute approximate surface area is 79.6 Å². The van der Waals surface area contributed by atoms with Crippen molar-refractivity contribution >= 4 is 0 Å². The molecule has 2 heteroatoms. The minimum absolute atomic E-state index is 0.0429. The van der Waals surface area contributed by atoms with Gasteiger partial charge in [-0.15, -0.1) is 0 Å². The van der Waals surface area contributed by atoms with Crippen LogP contribution < -0.4 is 0 Å². The zero-order valence-corrected chi connectivity index (χ0v) is 8.20. The average molecular weight is 182 g/mol. The molecule has 0 aromatic heterocycles. The number of hydrogen-bond donors (Lipinski definition) is 1. The van der Waals surface area contributed by atoms with Gasteiger partial charge in [0.2, 0.25) is 0 Å². The molecule has 0 aromatic rings. The Morgan fingerprint density at radius 3 is 3.08 bits per heavy atom. The predicted octanol–water partition coefficient (Wildman–Crippen LogP) is 2.23.